The lowest BCUT2D eigenvalue weighted by Gasteiger charge is -2.34. The first-order valence-electron chi connectivity index (χ1n) is 12.7. The number of allylic oxidation sites excluding steroid dienone is 2. The number of benzene rings is 1. The molecule has 2 aromatic rings. The average Bonchev–Trinajstić information content (AvgIpc) is 2.84. The maximum absolute atomic E-state index is 13.4. The van der Waals surface area contributed by atoms with Crippen LogP contribution in [-0.2, 0) is 4.79 Å². The summed E-state index contributed by atoms with van der Waals surface area (Å²) in [5.74, 6) is 2.28. The van der Waals surface area contributed by atoms with E-state index in [1.54, 1.807) is 0 Å². The number of ether oxygens (including phenoxy) is 1. The molecule has 1 aliphatic carbocycles. The molecule has 1 fully saturated rings. The van der Waals surface area contributed by atoms with Crippen molar-refractivity contribution >= 4 is 17.5 Å². The molecule has 3 heterocycles. The third-order valence-corrected chi connectivity index (χ3v) is 7.08. The Bertz CT molecular complexity index is 1140. The fraction of sp³-hybridized carbons (Fsp3) is 0.519. The molecule has 5 rings (SSSR count). The minimum Gasteiger partial charge on any atom is -0.494 e. The molecule has 7 nitrogen and oxygen atoms in total. The van der Waals surface area contributed by atoms with E-state index in [9.17, 15) is 9.59 Å². The number of anilines is 2. The molecule has 0 spiro atoms. The van der Waals surface area contributed by atoms with Crippen molar-refractivity contribution < 1.29 is 9.53 Å². The molecule has 1 unspecified atom stereocenters. The van der Waals surface area contributed by atoms with E-state index in [-0.39, 0.29) is 11.3 Å². The number of hydrogen-bond donors (Lipinski definition) is 2. The number of hydrogen-bond acceptors (Lipinski definition) is 6. The summed E-state index contributed by atoms with van der Waals surface area (Å²) in [5, 5.41) is 3.38. The number of H-pyrrole nitrogens is 1. The first-order chi connectivity index (χ1) is 16.5. The second-order valence-electron chi connectivity index (χ2n) is 10.0. The van der Waals surface area contributed by atoms with Crippen LogP contribution >= 0.6 is 0 Å². The molecule has 3 aliphatic rings. The molecule has 0 radical (unpaired) electrons. The van der Waals surface area contributed by atoms with Gasteiger partial charge in [-0.25, -0.2) is 0 Å². The molecule has 0 saturated carbocycles. The number of aromatic nitrogens is 2. The van der Waals surface area contributed by atoms with Gasteiger partial charge >= 0.3 is 0 Å². The lowest BCUT2D eigenvalue weighted by atomic mass is 9.76. The first kappa shape index (κ1) is 22.7. The summed E-state index contributed by atoms with van der Waals surface area (Å²) in [4.78, 5) is 36.5. The van der Waals surface area contributed by atoms with Gasteiger partial charge in [-0.2, -0.15) is 4.98 Å². The summed E-state index contributed by atoms with van der Waals surface area (Å²) < 4.78 is 5.89. The highest BCUT2D eigenvalue weighted by molar-refractivity contribution is 6.00. The number of carbonyl (C=O) groups excluding carboxylic acids is 1. The van der Waals surface area contributed by atoms with Crippen molar-refractivity contribution in [2.24, 2.45) is 5.92 Å². The van der Waals surface area contributed by atoms with Gasteiger partial charge in [0.05, 0.1) is 12.2 Å². The van der Waals surface area contributed by atoms with Crippen LogP contribution in [0.3, 0.4) is 0 Å². The van der Waals surface area contributed by atoms with Gasteiger partial charge in [0.1, 0.15) is 11.6 Å². The summed E-state index contributed by atoms with van der Waals surface area (Å²) >= 11 is 0. The topological polar surface area (TPSA) is 87.3 Å². The largest absolute Gasteiger partial charge is 0.494 e. The van der Waals surface area contributed by atoms with E-state index >= 15 is 0 Å². The lowest BCUT2D eigenvalue weighted by Crippen LogP contribution is -2.36. The van der Waals surface area contributed by atoms with Crippen LogP contribution in [0.2, 0.25) is 0 Å². The van der Waals surface area contributed by atoms with Crippen LogP contribution in [0.15, 0.2) is 40.3 Å². The van der Waals surface area contributed by atoms with E-state index < -0.39 is 5.92 Å². The number of piperidine rings is 1. The van der Waals surface area contributed by atoms with E-state index in [0.717, 1.165) is 62.2 Å². The van der Waals surface area contributed by atoms with Gasteiger partial charge < -0.3 is 15.0 Å². The summed E-state index contributed by atoms with van der Waals surface area (Å²) in [6.07, 6.45) is 6.53. The van der Waals surface area contributed by atoms with Gasteiger partial charge in [0.2, 0.25) is 5.95 Å². The zero-order valence-corrected chi connectivity index (χ0v) is 20.2. The predicted octanol–water partition coefficient (Wildman–Crippen LogP) is 4.75. The third kappa shape index (κ3) is 4.48. The molecule has 7 heteroatoms. The Hall–Kier alpha value is -3.09. The highest BCUT2D eigenvalue weighted by Crippen LogP contribution is 2.43. The van der Waals surface area contributed by atoms with Crippen LogP contribution in [0.5, 0.6) is 5.75 Å². The Morgan fingerprint density at radius 3 is 2.56 bits per heavy atom. The Balaban J connectivity index is 1.52. The molecule has 1 aromatic heterocycles. The maximum Gasteiger partial charge on any atom is 0.258 e. The quantitative estimate of drug-likeness (QED) is 0.644. The third-order valence-electron chi connectivity index (χ3n) is 7.08. The number of nitrogens with one attached hydrogen (secondary N) is 2. The van der Waals surface area contributed by atoms with Crippen LogP contribution in [0.1, 0.15) is 75.8 Å². The Labute approximate surface area is 200 Å². The predicted molar refractivity (Wildman–Crippen MR) is 134 cm³/mol. The van der Waals surface area contributed by atoms with Crippen molar-refractivity contribution in [3.63, 3.8) is 0 Å². The SMILES string of the molecule is CC(C)CCOc1ccc(C2C3=C(CCCC3=O)Nc3nc(N4CCCCC4)[nH]c(=O)c32)cc1. The van der Waals surface area contributed by atoms with Crippen molar-refractivity contribution in [3.8, 4) is 5.75 Å². The van der Waals surface area contributed by atoms with Crippen LogP contribution in [-0.4, -0.2) is 35.4 Å². The summed E-state index contributed by atoms with van der Waals surface area (Å²) in [5.41, 5.74) is 2.90. The van der Waals surface area contributed by atoms with Crippen molar-refractivity contribution in [2.75, 3.05) is 29.9 Å². The van der Waals surface area contributed by atoms with E-state index in [1.807, 2.05) is 24.3 Å². The molecule has 180 valence electrons. The minimum absolute atomic E-state index is 0.112. The summed E-state index contributed by atoms with van der Waals surface area (Å²) in [6.45, 7) is 6.82. The van der Waals surface area contributed by atoms with E-state index in [0.29, 0.717) is 41.8 Å². The van der Waals surface area contributed by atoms with Crippen LogP contribution in [0, 0.1) is 5.92 Å². The number of Topliss-reactive ketones (excluding diaryl/α,β-unsaturated/α-hetero) is 1. The van der Waals surface area contributed by atoms with Crippen LogP contribution in [0.4, 0.5) is 11.8 Å². The van der Waals surface area contributed by atoms with Gasteiger partial charge in [-0.15, -0.1) is 0 Å². The molecule has 0 amide bonds. The smallest absolute Gasteiger partial charge is 0.258 e. The number of aromatic amines is 1. The van der Waals surface area contributed by atoms with Crippen molar-refractivity contribution in [2.45, 2.75) is 64.7 Å². The highest BCUT2D eigenvalue weighted by atomic mass is 16.5. The van der Waals surface area contributed by atoms with E-state index in [1.165, 1.54) is 6.42 Å². The van der Waals surface area contributed by atoms with Gasteiger partial charge in [0.15, 0.2) is 5.78 Å². The number of nitrogens with zero attached hydrogens (tertiary/aromatic N) is 2. The fourth-order valence-corrected chi connectivity index (χ4v) is 5.21. The molecule has 0 bridgehead atoms. The fourth-order valence-electron chi connectivity index (χ4n) is 5.21. The van der Waals surface area contributed by atoms with Crippen LogP contribution in [0.25, 0.3) is 0 Å². The molecule has 1 atom stereocenters. The zero-order valence-electron chi connectivity index (χ0n) is 20.2. The zero-order chi connectivity index (χ0) is 23.7. The van der Waals surface area contributed by atoms with Crippen molar-refractivity contribution in [1.29, 1.82) is 0 Å². The van der Waals surface area contributed by atoms with Crippen LogP contribution < -0.4 is 20.5 Å². The maximum atomic E-state index is 13.4. The standard InChI is InChI=1S/C27H34N4O3/c1-17(2)13-16-34-19-11-9-18(10-12-19)22-23-20(7-6-8-21(23)32)28-25-24(22)26(33)30-27(29-25)31-14-4-3-5-15-31/h9-12,17,22H,3-8,13-16H2,1-2H3,(H2,28,29,30,33). The summed E-state index contributed by atoms with van der Waals surface area (Å²) in [7, 11) is 0. The van der Waals surface area contributed by atoms with Crippen molar-refractivity contribution in [1.82, 2.24) is 9.97 Å². The number of ketones is 1. The monoisotopic (exact) mass is 462 g/mol. The Morgan fingerprint density at radius 2 is 1.82 bits per heavy atom. The molecule has 2 aliphatic heterocycles. The van der Waals surface area contributed by atoms with Crippen molar-refractivity contribution in [3.05, 3.63) is 57.0 Å². The van der Waals surface area contributed by atoms with Gasteiger partial charge in [0.25, 0.3) is 5.56 Å². The Kier molecular flexibility index (Phi) is 6.44. The Morgan fingerprint density at radius 1 is 1.06 bits per heavy atom. The average molecular weight is 463 g/mol. The van der Waals surface area contributed by atoms with Gasteiger partial charge in [-0.1, -0.05) is 26.0 Å². The lowest BCUT2D eigenvalue weighted by molar-refractivity contribution is -0.116. The minimum atomic E-state index is -0.421. The molecule has 1 aromatic carbocycles. The van der Waals surface area contributed by atoms with E-state index in [2.05, 4.69) is 29.0 Å². The van der Waals surface area contributed by atoms with Gasteiger partial charge in [-0.3, -0.25) is 14.6 Å². The van der Waals surface area contributed by atoms with E-state index in [4.69, 9.17) is 9.72 Å². The second kappa shape index (κ2) is 9.65. The first-order valence-corrected chi connectivity index (χ1v) is 12.7. The van der Waals surface area contributed by atoms with Gasteiger partial charge in [0, 0.05) is 36.7 Å². The number of rotatable bonds is 6. The molecule has 2 N–H and O–H groups in total. The highest BCUT2D eigenvalue weighted by Gasteiger charge is 2.38. The summed E-state index contributed by atoms with van der Waals surface area (Å²) in [6, 6.07) is 7.84. The van der Waals surface area contributed by atoms with Gasteiger partial charge in [-0.05, 0) is 62.1 Å². The molecular formula is C27H34N4O3. The molecule has 1 saturated heterocycles. The normalized spacial score (nSPS) is 20.1. The second-order valence-corrected chi connectivity index (χ2v) is 10.0. The molecular weight excluding hydrogens is 428 g/mol. The number of fused-ring (bicyclic) bond motifs is 1. The number of carbonyl (C=O) groups is 1. The molecule has 34 heavy (non-hydrogen) atoms.